The molecule has 0 aliphatic rings. The molecule has 146 valence electrons. The summed E-state index contributed by atoms with van der Waals surface area (Å²) in [6, 6.07) is 16.6. The lowest BCUT2D eigenvalue weighted by Crippen LogP contribution is -2.13. The molecule has 29 heavy (non-hydrogen) atoms. The molecule has 1 atom stereocenters. The van der Waals surface area contributed by atoms with Gasteiger partial charge in [-0.15, -0.1) is 0 Å². The van der Waals surface area contributed by atoms with Crippen LogP contribution in [0.3, 0.4) is 0 Å². The molecule has 2 heterocycles. The van der Waals surface area contributed by atoms with E-state index in [4.69, 9.17) is 16.3 Å². The van der Waals surface area contributed by atoms with Crippen LogP contribution in [-0.2, 0) is 0 Å². The van der Waals surface area contributed by atoms with Crippen LogP contribution in [0.4, 0.5) is 5.69 Å². The summed E-state index contributed by atoms with van der Waals surface area (Å²) in [7, 11) is 0. The van der Waals surface area contributed by atoms with E-state index < -0.39 is 0 Å². The molecule has 4 rings (SSSR count). The van der Waals surface area contributed by atoms with Gasteiger partial charge in [-0.05, 0) is 55.0 Å². The minimum Gasteiger partial charge on any atom is -0.505 e. The molecule has 0 aliphatic heterocycles. The maximum Gasteiger partial charge on any atom is 0.147 e. The first-order valence-corrected chi connectivity index (χ1v) is 9.70. The average molecular weight is 406 g/mol. The molecule has 0 saturated heterocycles. The van der Waals surface area contributed by atoms with Crippen LogP contribution in [0.5, 0.6) is 11.5 Å². The molecule has 2 aromatic carbocycles. The summed E-state index contributed by atoms with van der Waals surface area (Å²) >= 11 is 6.52. The van der Waals surface area contributed by atoms with Gasteiger partial charge in [0.15, 0.2) is 0 Å². The van der Waals surface area contributed by atoms with E-state index in [-0.39, 0.29) is 11.8 Å². The molecule has 5 nitrogen and oxygen atoms in total. The minimum atomic E-state index is -0.362. The van der Waals surface area contributed by atoms with Gasteiger partial charge in [-0.25, -0.2) is 0 Å². The number of rotatable bonds is 6. The fraction of sp³-hybridized carbons (Fsp3) is 0.130. The van der Waals surface area contributed by atoms with Gasteiger partial charge >= 0.3 is 0 Å². The fourth-order valence-electron chi connectivity index (χ4n) is 3.30. The number of nitrogens with zero attached hydrogens (tertiary/aromatic N) is 2. The summed E-state index contributed by atoms with van der Waals surface area (Å²) in [6.45, 7) is 2.55. The van der Waals surface area contributed by atoms with Crippen LogP contribution in [0.1, 0.15) is 24.1 Å². The zero-order chi connectivity index (χ0) is 20.2. The number of benzene rings is 2. The first-order valence-electron chi connectivity index (χ1n) is 9.32. The lowest BCUT2D eigenvalue weighted by Gasteiger charge is -2.23. The summed E-state index contributed by atoms with van der Waals surface area (Å²) in [4.78, 5) is 8.50. The van der Waals surface area contributed by atoms with Crippen LogP contribution in [0.2, 0.25) is 5.02 Å². The van der Waals surface area contributed by atoms with Crippen molar-refractivity contribution in [2.75, 3.05) is 11.9 Å². The lowest BCUT2D eigenvalue weighted by molar-refractivity contribution is 0.340. The van der Waals surface area contributed by atoms with Gasteiger partial charge in [0.05, 0.1) is 23.4 Å². The first-order chi connectivity index (χ1) is 14.2. The number of aromatic nitrogens is 2. The number of fused-ring (bicyclic) bond motifs is 1. The Bertz CT molecular complexity index is 1120. The topological polar surface area (TPSA) is 67.3 Å². The maximum atomic E-state index is 11.0. The van der Waals surface area contributed by atoms with E-state index in [9.17, 15) is 5.11 Å². The van der Waals surface area contributed by atoms with E-state index in [2.05, 4.69) is 15.3 Å². The third-order valence-corrected chi connectivity index (χ3v) is 4.97. The second-order valence-corrected chi connectivity index (χ2v) is 6.92. The number of halogens is 1. The number of phenolic OH excluding ortho intramolecular Hbond substituents is 1. The van der Waals surface area contributed by atoms with Crippen LogP contribution in [-0.4, -0.2) is 21.7 Å². The van der Waals surface area contributed by atoms with Crippen LogP contribution in [0.15, 0.2) is 73.2 Å². The molecule has 0 fully saturated rings. The smallest absolute Gasteiger partial charge is 0.147 e. The lowest BCUT2D eigenvalue weighted by atomic mass is 9.96. The Morgan fingerprint density at radius 2 is 1.90 bits per heavy atom. The summed E-state index contributed by atoms with van der Waals surface area (Å²) in [5.74, 6) is 0.888. The van der Waals surface area contributed by atoms with Crippen molar-refractivity contribution in [2.24, 2.45) is 0 Å². The number of pyridine rings is 2. The van der Waals surface area contributed by atoms with Crippen molar-refractivity contribution in [3.63, 3.8) is 0 Å². The summed E-state index contributed by atoms with van der Waals surface area (Å²) < 4.78 is 5.55. The number of hydrogen-bond donors (Lipinski definition) is 2. The number of hydrogen-bond acceptors (Lipinski definition) is 5. The molecular formula is C23H20ClN3O2. The van der Waals surface area contributed by atoms with E-state index in [1.165, 1.54) is 0 Å². The maximum absolute atomic E-state index is 11.0. The number of phenols is 1. The largest absolute Gasteiger partial charge is 0.505 e. The van der Waals surface area contributed by atoms with Crippen molar-refractivity contribution in [3.8, 4) is 11.5 Å². The van der Waals surface area contributed by atoms with E-state index in [1.807, 2.05) is 49.4 Å². The molecule has 0 unspecified atom stereocenters. The Morgan fingerprint density at radius 1 is 1.10 bits per heavy atom. The fourth-order valence-corrected chi connectivity index (χ4v) is 3.57. The molecule has 4 aromatic rings. The highest BCUT2D eigenvalue weighted by Gasteiger charge is 2.22. The van der Waals surface area contributed by atoms with Gasteiger partial charge in [0.1, 0.15) is 17.0 Å². The number of nitrogens with one attached hydrogen (secondary N) is 1. The molecule has 0 saturated carbocycles. The standard InChI is InChI=1S/C23H20ClN3O2/c1-2-29-17-9-7-15(8-10-17)21(27-16-5-3-11-25-14-16)19-13-20(24)18-6-4-12-26-22(18)23(19)28/h3-14,21,27-28H,2H2,1H3/t21-/m0/s1. The summed E-state index contributed by atoms with van der Waals surface area (Å²) in [5, 5.41) is 15.7. The molecule has 0 bridgehead atoms. The van der Waals surface area contributed by atoms with Gasteiger partial charge in [0.2, 0.25) is 0 Å². The van der Waals surface area contributed by atoms with E-state index in [0.29, 0.717) is 28.1 Å². The van der Waals surface area contributed by atoms with Gasteiger partial charge in [-0.3, -0.25) is 9.97 Å². The number of anilines is 1. The summed E-state index contributed by atoms with van der Waals surface area (Å²) in [5.41, 5.74) is 2.87. The van der Waals surface area contributed by atoms with Crippen LogP contribution < -0.4 is 10.1 Å². The van der Waals surface area contributed by atoms with Crippen molar-refractivity contribution < 1.29 is 9.84 Å². The second-order valence-electron chi connectivity index (χ2n) is 6.52. The molecular weight excluding hydrogens is 386 g/mol. The normalized spacial score (nSPS) is 11.9. The third-order valence-electron chi connectivity index (χ3n) is 4.65. The SMILES string of the molecule is CCOc1ccc([C@H](Nc2cccnc2)c2cc(Cl)c3cccnc3c2O)cc1. The Balaban J connectivity index is 1.84. The van der Waals surface area contributed by atoms with Gasteiger partial charge in [-0.1, -0.05) is 23.7 Å². The van der Waals surface area contributed by atoms with Crippen molar-refractivity contribution >= 4 is 28.2 Å². The third kappa shape index (κ3) is 3.96. The Morgan fingerprint density at radius 3 is 2.62 bits per heavy atom. The molecule has 2 aromatic heterocycles. The predicted molar refractivity (Wildman–Crippen MR) is 116 cm³/mol. The summed E-state index contributed by atoms with van der Waals surface area (Å²) in [6.07, 6.45) is 5.09. The quantitative estimate of drug-likeness (QED) is 0.437. The Labute approximate surface area is 174 Å². The van der Waals surface area contributed by atoms with Crippen LogP contribution in [0, 0.1) is 0 Å². The molecule has 0 aliphatic carbocycles. The van der Waals surface area contributed by atoms with Crippen molar-refractivity contribution in [2.45, 2.75) is 13.0 Å². The highest BCUT2D eigenvalue weighted by Crippen LogP contribution is 2.39. The van der Waals surface area contributed by atoms with Crippen LogP contribution in [0.25, 0.3) is 10.9 Å². The van der Waals surface area contributed by atoms with E-state index in [1.54, 1.807) is 30.7 Å². The van der Waals surface area contributed by atoms with E-state index in [0.717, 1.165) is 17.0 Å². The second kappa shape index (κ2) is 8.37. The molecule has 0 spiro atoms. The van der Waals surface area contributed by atoms with Crippen molar-refractivity contribution in [1.29, 1.82) is 0 Å². The predicted octanol–water partition coefficient (Wildman–Crippen LogP) is 5.59. The number of aromatic hydroxyl groups is 1. The van der Waals surface area contributed by atoms with Crippen LogP contribution >= 0.6 is 11.6 Å². The monoisotopic (exact) mass is 405 g/mol. The van der Waals surface area contributed by atoms with Gasteiger partial charge in [0.25, 0.3) is 0 Å². The molecule has 0 amide bonds. The number of ether oxygens (including phenoxy) is 1. The Hall–Kier alpha value is -3.31. The molecule has 0 radical (unpaired) electrons. The minimum absolute atomic E-state index is 0.0975. The molecule has 6 heteroatoms. The highest BCUT2D eigenvalue weighted by atomic mass is 35.5. The highest BCUT2D eigenvalue weighted by molar-refractivity contribution is 6.35. The van der Waals surface area contributed by atoms with Crippen molar-refractivity contribution in [3.05, 3.63) is 89.3 Å². The van der Waals surface area contributed by atoms with Gasteiger partial charge in [0, 0.05) is 29.5 Å². The first kappa shape index (κ1) is 19.0. The zero-order valence-electron chi connectivity index (χ0n) is 15.8. The van der Waals surface area contributed by atoms with Crippen molar-refractivity contribution in [1.82, 2.24) is 9.97 Å². The van der Waals surface area contributed by atoms with E-state index >= 15 is 0 Å². The molecule has 2 N–H and O–H groups in total. The zero-order valence-corrected chi connectivity index (χ0v) is 16.6. The van der Waals surface area contributed by atoms with Gasteiger partial charge in [-0.2, -0.15) is 0 Å². The Kier molecular flexibility index (Phi) is 5.49. The van der Waals surface area contributed by atoms with Gasteiger partial charge < -0.3 is 15.2 Å². The average Bonchev–Trinajstić information content (AvgIpc) is 2.76.